The summed E-state index contributed by atoms with van der Waals surface area (Å²) in [6.07, 6.45) is 1.21. The minimum absolute atomic E-state index is 0.116. The molecular weight excluding hydrogens is 318 g/mol. The molecule has 0 aliphatic heterocycles. The molecule has 106 valence electrons. The molecule has 0 saturated heterocycles. The second kappa shape index (κ2) is 7.90. The summed E-state index contributed by atoms with van der Waals surface area (Å²) >= 11 is 3.24. The Hall–Kier alpha value is -1.41. The van der Waals surface area contributed by atoms with Gasteiger partial charge in [0.25, 0.3) is 11.6 Å². The number of nitrogens with one attached hydrogen (secondary N) is 1. The number of hydrogen-bond donors (Lipinski definition) is 1. The monoisotopic (exact) mass is 333 g/mol. The first kappa shape index (κ1) is 15.6. The number of nitrogens with zero attached hydrogens (tertiary/aromatic N) is 2. The van der Waals surface area contributed by atoms with E-state index in [4.69, 9.17) is 4.74 Å². The first-order chi connectivity index (χ1) is 9.10. The van der Waals surface area contributed by atoms with Crippen LogP contribution in [0, 0.1) is 10.1 Å². The molecule has 0 radical (unpaired) electrons. The van der Waals surface area contributed by atoms with Crippen molar-refractivity contribution in [2.45, 2.75) is 6.92 Å². The van der Waals surface area contributed by atoms with Gasteiger partial charge in [-0.3, -0.25) is 14.9 Å². The number of carbonyl (C=O) groups is 1. The lowest BCUT2D eigenvalue weighted by atomic mass is 10.3. The third-order valence-electron chi connectivity index (χ3n) is 2.50. The number of likely N-dealkylation sites (N-methyl/N-ethyl adjacent to an activating group) is 1. The second-order valence-electron chi connectivity index (χ2n) is 3.71. The first-order valence-electron chi connectivity index (χ1n) is 5.86. The quantitative estimate of drug-likeness (QED) is 0.340. The number of nitro groups is 1. The summed E-state index contributed by atoms with van der Waals surface area (Å²) in [6, 6.07) is 1.24. The van der Waals surface area contributed by atoms with Gasteiger partial charge < -0.3 is 14.6 Å². The minimum Gasteiger partial charge on any atom is -0.379 e. The molecule has 0 saturated carbocycles. The van der Waals surface area contributed by atoms with E-state index in [0.29, 0.717) is 26.3 Å². The largest absolute Gasteiger partial charge is 0.379 e. The third kappa shape index (κ3) is 4.64. The second-order valence-corrected chi connectivity index (χ2v) is 4.51. The predicted molar refractivity (Wildman–Crippen MR) is 73.6 cm³/mol. The lowest BCUT2D eigenvalue weighted by molar-refractivity contribution is -0.384. The number of aromatic nitrogens is 1. The van der Waals surface area contributed by atoms with Crippen molar-refractivity contribution in [1.82, 2.24) is 9.88 Å². The Bertz CT molecular complexity index is 435. The van der Waals surface area contributed by atoms with Crippen LogP contribution in [0.5, 0.6) is 0 Å². The molecule has 1 aromatic rings. The fraction of sp³-hybridized carbons (Fsp3) is 0.545. The van der Waals surface area contributed by atoms with Crippen LogP contribution < -0.4 is 0 Å². The highest BCUT2D eigenvalue weighted by atomic mass is 79.9. The highest BCUT2D eigenvalue weighted by Gasteiger charge is 2.18. The molecule has 19 heavy (non-hydrogen) atoms. The van der Waals surface area contributed by atoms with Gasteiger partial charge in [-0.2, -0.15) is 0 Å². The molecular formula is C11H16BrN3O4. The molecule has 7 nitrogen and oxygen atoms in total. The van der Waals surface area contributed by atoms with E-state index in [9.17, 15) is 14.9 Å². The average Bonchev–Trinajstić information content (AvgIpc) is 2.88. The van der Waals surface area contributed by atoms with Crippen molar-refractivity contribution in [2.75, 3.05) is 31.6 Å². The molecule has 0 bridgehead atoms. The Kier molecular flexibility index (Phi) is 6.51. The number of carbonyl (C=O) groups excluding carboxylic acids is 1. The highest BCUT2D eigenvalue weighted by Crippen LogP contribution is 2.13. The van der Waals surface area contributed by atoms with E-state index < -0.39 is 4.92 Å². The van der Waals surface area contributed by atoms with Gasteiger partial charge in [0.2, 0.25) is 0 Å². The summed E-state index contributed by atoms with van der Waals surface area (Å²) in [6.45, 7) is 3.84. The maximum Gasteiger partial charge on any atom is 0.287 e. The summed E-state index contributed by atoms with van der Waals surface area (Å²) in [4.78, 5) is 26.3. The van der Waals surface area contributed by atoms with Crippen molar-refractivity contribution in [3.8, 4) is 0 Å². The van der Waals surface area contributed by atoms with Gasteiger partial charge in [-0.05, 0) is 6.92 Å². The zero-order valence-electron chi connectivity index (χ0n) is 10.6. The van der Waals surface area contributed by atoms with Crippen LogP contribution in [0.3, 0.4) is 0 Å². The fourth-order valence-corrected chi connectivity index (χ4v) is 1.75. The maximum atomic E-state index is 12.1. The van der Waals surface area contributed by atoms with E-state index in [-0.39, 0.29) is 17.3 Å². The van der Waals surface area contributed by atoms with Crippen LogP contribution in [0.2, 0.25) is 0 Å². The number of ether oxygens (including phenoxy) is 1. The summed E-state index contributed by atoms with van der Waals surface area (Å²) in [5, 5.41) is 11.3. The highest BCUT2D eigenvalue weighted by molar-refractivity contribution is 9.09. The van der Waals surface area contributed by atoms with Gasteiger partial charge in [0.15, 0.2) is 0 Å². The van der Waals surface area contributed by atoms with Gasteiger partial charge in [-0.1, -0.05) is 15.9 Å². The van der Waals surface area contributed by atoms with Crippen LogP contribution in [-0.4, -0.2) is 52.3 Å². The summed E-state index contributed by atoms with van der Waals surface area (Å²) in [5.41, 5.74) is 0.101. The van der Waals surface area contributed by atoms with Crippen molar-refractivity contribution in [2.24, 2.45) is 0 Å². The number of alkyl halides is 1. The molecule has 0 aromatic carbocycles. The van der Waals surface area contributed by atoms with E-state index in [1.54, 1.807) is 4.90 Å². The molecule has 1 amide bonds. The molecule has 1 N–H and O–H groups in total. The van der Waals surface area contributed by atoms with Crippen molar-refractivity contribution < 1.29 is 14.5 Å². The van der Waals surface area contributed by atoms with E-state index in [2.05, 4.69) is 20.9 Å². The van der Waals surface area contributed by atoms with Gasteiger partial charge in [-0.25, -0.2) is 0 Å². The van der Waals surface area contributed by atoms with Crippen molar-refractivity contribution >= 4 is 27.5 Å². The number of rotatable bonds is 8. The smallest absolute Gasteiger partial charge is 0.287 e. The van der Waals surface area contributed by atoms with E-state index in [0.717, 1.165) is 5.33 Å². The van der Waals surface area contributed by atoms with Crippen LogP contribution in [0.25, 0.3) is 0 Å². The van der Waals surface area contributed by atoms with Crippen LogP contribution in [-0.2, 0) is 4.74 Å². The summed E-state index contributed by atoms with van der Waals surface area (Å²) in [7, 11) is 0. The lowest BCUT2D eigenvalue weighted by Gasteiger charge is -2.19. The minimum atomic E-state index is -0.539. The van der Waals surface area contributed by atoms with Gasteiger partial charge >= 0.3 is 0 Å². The topological polar surface area (TPSA) is 88.5 Å². The number of halogens is 1. The molecule has 0 atom stereocenters. The Labute approximate surface area is 119 Å². The first-order valence-corrected chi connectivity index (χ1v) is 6.98. The van der Waals surface area contributed by atoms with Gasteiger partial charge in [-0.15, -0.1) is 0 Å². The molecule has 0 fully saturated rings. The molecule has 1 aromatic heterocycles. The molecule has 0 spiro atoms. The van der Waals surface area contributed by atoms with Crippen LogP contribution in [0.1, 0.15) is 17.4 Å². The Morgan fingerprint density at radius 3 is 2.84 bits per heavy atom. The Morgan fingerprint density at radius 2 is 2.32 bits per heavy atom. The van der Waals surface area contributed by atoms with Gasteiger partial charge in [0.1, 0.15) is 5.69 Å². The van der Waals surface area contributed by atoms with Crippen LogP contribution in [0.4, 0.5) is 5.69 Å². The van der Waals surface area contributed by atoms with Crippen LogP contribution in [0.15, 0.2) is 12.3 Å². The normalized spacial score (nSPS) is 10.4. The number of aromatic amines is 1. The maximum absolute atomic E-state index is 12.1. The van der Waals surface area contributed by atoms with Crippen LogP contribution >= 0.6 is 15.9 Å². The van der Waals surface area contributed by atoms with Gasteiger partial charge in [0, 0.05) is 24.5 Å². The van der Waals surface area contributed by atoms with Gasteiger partial charge in [0.05, 0.1) is 24.3 Å². The SMILES string of the molecule is CCN(CCOCCBr)C(=O)c1cc([N+](=O)[O-])c[nH]1. The number of H-pyrrole nitrogens is 1. The fourth-order valence-electron chi connectivity index (χ4n) is 1.52. The number of amides is 1. The molecule has 1 rings (SSSR count). The molecule has 0 aliphatic rings. The molecule has 1 heterocycles. The van der Waals surface area contributed by atoms with E-state index in [1.807, 2.05) is 6.92 Å². The molecule has 0 unspecified atom stereocenters. The predicted octanol–water partition coefficient (Wildman–Crippen LogP) is 1.80. The standard InChI is InChI=1S/C11H16BrN3O4/c1-2-14(4-6-19-5-3-12)11(16)10-7-9(8-13-10)15(17)18/h7-8,13H,2-6H2,1H3. The third-order valence-corrected chi connectivity index (χ3v) is 2.83. The molecule has 8 heteroatoms. The molecule has 0 aliphatic carbocycles. The van der Waals surface area contributed by atoms with E-state index in [1.165, 1.54) is 12.3 Å². The summed E-state index contributed by atoms with van der Waals surface area (Å²) < 4.78 is 5.29. The number of hydrogen-bond acceptors (Lipinski definition) is 4. The van der Waals surface area contributed by atoms with Crippen molar-refractivity contribution in [1.29, 1.82) is 0 Å². The Morgan fingerprint density at radius 1 is 1.58 bits per heavy atom. The van der Waals surface area contributed by atoms with Crippen molar-refractivity contribution in [3.05, 3.63) is 28.1 Å². The van der Waals surface area contributed by atoms with Crippen molar-refractivity contribution in [3.63, 3.8) is 0 Å². The lowest BCUT2D eigenvalue weighted by Crippen LogP contribution is -2.34. The average molecular weight is 334 g/mol. The summed E-state index contributed by atoms with van der Waals surface area (Å²) in [5.74, 6) is -0.266. The van der Waals surface area contributed by atoms with E-state index >= 15 is 0 Å². The Balaban J connectivity index is 2.59. The zero-order valence-corrected chi connectivity index (χ0v) is 12.2. The zero-order chi connectivity index (χ0) is 14.3.